The zero-order chi connectivity index (χ0) is 13.5. The van der Waals surface area contributed by atoms with Gasteiger partial charge in [-0.1, -0.05) is 24.6 Å². The lowest BCUT2D eigenvalue weighted by molar-refractivity contribution is -0.113. The van der Waals surface area contributed by atoms with Crippen LogP contribution in [-0.4, -0.2) is 23.5 Å². The highest BCUT2D eigenvalue weighted by Crippen LogP contribution is 2.23. The quantitative estimate of drug-likeness (QED) is 0.845. The molecule has 3 nitrogen and oxygen atoms in total. The predicted molar refractivity (Wildman–Crippen MR) is 80.4 cm³/mol. The topological polar surface area (TPSA) is 55.1 Å². The Kier molecular flexibility index (Phi) is 6.54. The molecule has 0 saturated carbocycles. The number of aryl methyl sites for hydroxylation is 1. The van der Waals surface area contributed by atoms with Gasteiger partial charge in [-0.05, 0) is 37.6 Å². The van der Waals surface area contributed by atoms with Crippen LogP contribution in [0.1, 0.15) is 18.9 Å². The van der Waals surface area contributed by atoms with Crippen LogP contribution in [0, 0.1) is 6.92 Å². The standard InChI is InChI=1S/C13H19ClN2OS/c1-9-3-4-12(11(14)7-9)16-13(17)8-18-10(2)5-6-15/h3-4,7,10H,5-6,8,15H2,1-2H3,(H,16,17). The summed E-state index contributed by atoms with van der Waals surface area (Å²) in [4.78, 5) is 11.7. The normalized spacial score (nSPS) is 12.2. The van der Waals surface area contributed by atoms with E-state index in [1.807, 2.05) is 25.1 Å². The first kappa shape index (κ1) is 15.3. The van der Waals surface area contributed by atoms with Crippen molar-refractivity contribution in [2.24, 2.45) is 5.73 Å². The van der Waals surface area contributed by atoms with Crippen LogP contribution < -0.4 is 11.1 Å². The van der Waals surface area contributed by atoms with E-state index in [9.17, 15) is 4.79 Å². The summed E-state index contributed by atoms with van der Waals surface area (Å²) >= 11 is 7.65. The third kappa shape index (κ3) is 5.29. The van der Waals surface area contributed by atoms with E-state index in [1.54, 1.807) is 11.8 Å². The molecular weight excluding hydrogens is 268 g/mol. The molecule has 1 unspecified atom stereocenters. The van der Waals surface area contributed by atoms with E-state index in [2.05, 4.69) is 12.2 Å². The van der Waals surface area contributed by atoms with Gasteiger partial charge in [-0.3, -0.25) is 4.79 Å². The van der Waals surface area contributed by atoms with Gasteiger partial charge in [0.25, 0.3) is 0 Å². The summed E-state index contributed by atoms with van der Waals surface area (Å²) in [5.74, 6) is 0.389. The summed E-state index contributed by atoms with van der Waals surface area (Å²) in [6, 6.07) is 5.58. The zero-order valence-electron chi connectivity index (χ0n) is 10.7. The van der Waals surface area contributed by atoms with E-state index >= 15 is 0 Å². The second kappa shape index (κ2) is 7.67. The van der Waals surface area contributed by atoms with Crippen molar-refractivity contribution in [1.29, 1.82) is 0 Å². The summed E-state index contributed by atoms with van der Waals surface area (Å²) in [5, 5.41) is 3.78. The summed E-state index contributed by atoms with van der Waals surface area (Å²) in [7, 11) is 0. The van der Waals surface area contributed by atoms with Gasteiger partial charge in [0.15, 0.2) is 0 Å². The molecule has 0 aliphatic rings. The number of carbonyl (C=O) groups is 1. The second-order valence-corrected chi connectivity index (χ2v) is 6.06. The van der Waals surface area contributed by atoms with Crippen LogP contribution in [0.25, 0.3) is 0 Å². The molecule has 0 aliphatic heterocycles. The van der Waals surface area contributed by atoms with E-state index in [0.29, 0.717) is 28.3 Å². The molecule has 5 heteroatoms. The number of nitrogens with one attached hydrogen (secondary N) is 1. The van der Waals surface area contributed by atoms with E-state index in [0.717, 1.165) is 12.0 Å². The van der Waals surface area contributed by atoms with E-state index < -0.39 is 0 Å². The Morgan fingerprint density at radius 2 is 2.28 bits per heavy atom. The maximum absolute atomic E-state index is 11.7. The number of hydrogen-bond acceptors (Lipinski definition) is 3. The predicted octanol–water partition coefficient (Wildman–Crippen LogP) is 3.06. The number of anilines is 1. The molecule has 0 aromatic heterocycles. The average molecular weight is 287 g/mol. The Morgan fingerprint density at radius 1 is 1.56 bits per heavy atom. The molecule has 3 N–H and O–H groups in total. The van der Waals surface area contributed by atoms with E-state index in [1.165, 1.54) is 0 Å². The number of nitrogens with two attached hydrogens (primary N) is 1. The van der Waals surface area contributed by atoms with Gasteiger partial charge in [0.05, 0.1) is 16.5 Å². The molecule has 0 fully saturated rings. The molecule has 0 heterocycles. The average Bonchev–Trinajstić information content (AvgIpc) is 2.31. The van der Waals surface area contributed by atoms with Crippen LogP contribution in [0.15, 0.2) is 18.2 Å². The van der Waals surface area contributed by atoms with Crippen molar-refractivity contribution in [2.45, 2.75) is 25.5 Å². The lowest BCUT2D eigenvalue weighted by Crippen LogP contribution is -2.17. The molecule has 1 atom stereocenters. The van der Waals surface area contributed by atoms with Gasteiger partial charge in [0.1, 0.15) is 0 Å². The van der Waals surface area contributed by atoms with Gasteiger partial charge in [0.2, 0.25) is 5.91 Å². The molecule has 1 amide bonds. The highest BCUT2D eigenvalue weighted by Gasteiger charge is 2.08. The summed E-state index contributed by atoms with van der Waals surface area (Å²) in [6.07, 6.45) is 0.920. The van der Waals surface area contributed by atoms with Gasteiger partial charge < -0.3 is 11.1 Å². The van der Waals surface area contributed by atoms with Crippen LogP contribution in [-0.2, 0) is 4.79 Å². The van der Waals surface area contributed by atoms with Gasteiger partial charge in [-0.25, -0.2) is 0 Å². The number of halogens is 1. The molecule has 1 aromatic carbocycles. The third-order valence-corrected chi connectivity index (χ3v) is 4.02. The van der Waals surface area contributed by atoms with Crippen LogP contribution in [0.3, 0.4) is 0 Å². The Labute approximate surface area is 117 Å². The number of rotatable bonds is 6. The van der Waals surface area contributed by atoms with Gasteiger partial charge in [0, 0.05) is 5.25 Å². The molecule has 1 rings (SSSR count). The van der Waals surface area contributed by atoms with Crippen LogP contribution in [0.2, 0.25) is 5.02 Å². The summed E-state index contributed by atoms with van der Waals surface area (Å²) in [5.41, 5.74) is 7.20. The highest BCUT2D eigenvalue weighted by atomic mass is 35.5. The molecule has 100 valence electrons. The smallest absolute Gasteiger partial charge is 0.234 e. The fourth-order valence-electron chi connectivity index (χ4n) is 1.44. The summed E-state index contributed by atoms with van der Waals surface area (Å²) < 4.78 is 0. The number of hydrogen-bond donors (Lipinski definition) is 2. The second-order valence-electron chi connectivity index (χ2n) is 4.23. The van der Waals surface area contributed by atoms with Crippen molar-refractivity contribution in [2.75, 3.05) is 17.6 Å². The van der Waals surface area contributed by atoms with Crippen molar-refractivity contribution in [3.05, 3.63) is 28.8 Å². The molecular formula is C13H19ClN2OS. The van der Waals surface area contributed by atoms with Crippen LogP contribution in [0.4, 0.5) is 5.69 Å². The molecule has 18 heavy (non-hydrogen) atoms. The first-order valence-electron chi connectivity index (χ1n) is 5.90. The number of carbonyl (C=O) groups excluding carboxylic acids is 1. The Hall–Kier alpha value is -0.710. The number of amides is 1. The highest BCUT2D eigenvalue weighted by molar-refractivity contribution is 8.00. The largest absolute Gasteiger partial charge is 0.330 e. The minimum atomic E-state index is -0.0328. The molecule has 0 radical (unpaired) electrons. The third-order valence-electron chi connectivity index (χ3n) is 2.47. The van der Waals surface area contributed by atoms with E-state index in [4.69, 9.17) is 17.3 Å². The van der Waals surface area contributed by atoms with Crippen molar-refractivity contribution in [3.63, 3.8) is 0 Å². The summed E-state index contributed by atoms with van der Waals surface area (Å²) in [6.45, 7) is 4.69. The molecule has 0 bridgehead atoms. The molecule has 0 spiro atoms. The first-order valence-corrected chi connectivity index (χ1v) is 7.33. The van der Waals surface area contributed by atoms with Crippen molar-refractivity contribution >= 4 is 35.0 Å². The molecule has 0 saturated heterocycles. The van der Waals surface area contributed by atoms with Gasteiger partial charge >= 0.3 is 0 Å². The van der Waals surface area contributed by atoms with Crippen LogP contribution in [0.5, 0.6) is 0 Å². The maximum atomic E-state index is 11.7. The zero-order valence-corrected chi connectivity index (χ0v) is 12.3. The van der Waals surface area contributed by atoms with Gasteiger partial charge in [-0.15, -0.1) is 11.8 Å². The van der Waals surface area contributed by atoms with Crippen molar-refractivity contribution in [3.8, 4) is 0 Å². The monoisotopic (exact) mass is 286 g/mol. The fourth-order valence-corrected chi connectivity index (χ4v) is 2.54. The minimum Gasteiger partial charge on any atom is -0.330 e. The Bertz CT molecular complexity index is 412. The van der Waals surface area contributed by atoms with Crippen molar-refractivity contribution in [1.82, 2.24) is 0 Å². The van der Waals surface area contributed by atoms with E-state index in [-0.39, 0.29) is 5.91 Å². The first-order chi connectivity index (χ1) is 8.52. The minimum absolute atomic E-state index is 0.0328. The van der Waals surface area contributed by atoms with Crippen molar-refractivity contribution < 1.29 is 4.79 Å². The SMILES string of the molecule is Cc1ccc(NC(=O)CSC(C)CCN)c(Cl)c1. The molecule has 1 aromatic rings. The fraction of sp³-hybridized carbons (Fsp3) is 0.462. The maximum Gasteiger partial charge on any atom is 0.234 e. The number of benzene rings is 1. The lowest BCUT2D eigenvalue weighted by Gasteiger charge is -2.11. The van der Waals surface area contributed by atoms with Gasteiger partial charge in [-0.2, -0.15) is 0 Å². The van der Waals surface area contributed by atoms with Crippen LogP contribution >= 0.6 is 23.4 Å². The molecule has 0 aliphatic carbocycles. The number of thioether (sulfide) groups is 1. The Balaban J connectivity index is 2.44. The lowest BCUT2D eigenvalue weighted by atomic mass is 10.2. The Morgan fingerprint density at radius 3 is 2.89 bits per heavy atom.